The van der Waals surface area contributed by atoms with Gasteiger partial charge in [-0.3, -0.25) is 4.90 Å². The number of likely N-dealkylation sites (N-methyl/N-ethyl adjacent to an activating group) is 1. The summed E-state index contributed by atoms with van der Waals surface area (Å²) in [6.45, 7) is 6.16. The molecule has 5 heteroatoms. The zero-order valence-electron chi connectivity index (χ0n) is 10.5. The van der Waals surface area contributed by atoms with E-state index in [1.165, 1.54) is 11.3 Å². The summed E-state index contributed by atoms with van der Waals surface area (Å²) in [6.07, 6.45) is 1.19. The molecule has 0 spiro atoms. The van der Waals surface area contributed by atoms with E-state index >= 15 is 0 Å². The van der Waals surface area contributed by atoms with Crippen molar-refractivity contribution >= 4 is 38.9 Å². The summed E-state index contributed by atoms with van der Waals surface area (Å²) in [5, 5.41) is 0. The van der Waals surface area contributed by atoms with E-state index in [0.29, 0.717) is 12.5 Å². The van der Waals surface area contributed by atoms with Gasteiger partial charge in [-0.1, -0.05) is 31.9 Å². The van der Waals surface area contributed by atoms with Crippen LogP contribution in [0.1, 0.15) is 31.2 Å². The minimum Gasteiger partial charge on any atom is -0.329 e. The molecule has 0 fully saturated rings. The van der Waals surface area contributed by atoms with Gasteiger partial charge in [0.1, 0.15) is 4.34 Å². The van der Waals surface area contributed by atoms with E-state index in [1.54, 1.807) is 11.3 Å². The largest absolute Gasteiger partial charge is 0.329 e. The van der Waals surface area contributed by atoms with Gasteiger partial charge in [0.15, 0.2) is 0 Å². The second kappa shape index (κ2) is 7.10. The molecule has 2 atom stereocenters. The molecular weight excluding hydrogens is 320 g/mol. The van der Waals surface area contributed by atoms with Gasteiger partial charge in [0.25, 0.3) is 0 Å². The van der Waals surface area contributed by atoms with Gasteiger partial charge in [-0.15, -0.1) is 11.3 Å². The number of rotatable bonds is 6. The summed E-state index contributed by atoms with van der Waals surface area (Å²) in [4.78, 5) is 3.55. The summed E-state index contributed by atoms with van der Waals surface area (Å²) >= 11 is 11.1. The number of nitrogens with two attached hydrogens (primary N) is 1. The maximum Gasteiger partial charge on any atom is 0.107 e. The normalized spacial score (nSPS) is 15.2. The van der Waals surface area contributed by atoms with E-state index in [9.17, 15) is 0 Å². The van der Waals surface area contributed by atoms with Crippen molar-refractivity contribution in [3.8, 4) is 0 Å². The van der Waals surface area contributed by atoms with E-state index in [-0.39, 0.29) is 6.04 Å². The molecule has 0 amide bonds. The van der Waals surface area contributed by atoms with Gasteiger partial charge in [-0.05, 0) is 35.0 Å². The molecule has 1 rings (SSSR count). The van der Waals surface area contributed by atoms with Gasteiger partial charge in [0, 0.05) is 22.4 Å². The molecular formula is C12H20BrClN2S. The van der Waals surface area contributed by atoms with Gasteiger partial charge in [0.2, 0.25) is 0 Å². The molecule has 0 aromatic carbocycles. The van der Waals surface area contributed by atoms with Crippen molar-refractivity contribution in [2.45, 2.75) is 26.3 Å². The van der Waals surface area contributed by atoms with Gasteiger partial charge in [0.05, 0.1) is 6.04 Å². The molecule has 0 aliphatic rings. The van der Waals surface area contributed by atoms with Crippen LogP contribution >= 0.6 is 38.9 Å². The molecule has 1 aromatic heterocycles. The third-order valence-corrected chi connectivity index (χ3v) is 5.62. The monoisotopic (exact) mass is 338 g/mol. The fourth-order valence-electron chi connectivity index (χ4n) is 1.79. The average Bonchev–Trinajstić information content (AvgIpc) is 2.59. The van der Waals surface area contributed by atoms with Crippen molar-refractivity contribution in [1.82, 2.24) is 4.90 Å². The van der Waals surface area contributed by atoms with Crippen molar-refractivity contribution in [1.29, 1.82) is 0 Å². The Hall–Kier alpha value is 0.390. The van der Waals surface area contributed by atoms with Crippen LogP contribution in [-0.2, 0) is 0 Å². The lowest BCUT2D eigenvalue weighted by molar-refractivity contribution is 0.218. The molecule has 2 N–H and O–H groups in total. The Morgan fingerprint density at radius 2 is 2.24 bits per heavy atom. The molecule has 0 saturated heterocycles. The van der Waals surface area contributed by atoms with Crippen LogP contribution in [0.4, 0.5) is 0 Å². The Labute approximate surface area is 121 Å². The standard InChI is InChI=1S/C12H20BrClN2S/c1-4-8(2)7-16(3)10(6-15)11-5-9(13)12(14)17-11/h5,8,10H,4,6-7,15H2,1-3H3. The first kappa shape index (κ1) is 15.4. The summed E-state index contributed by atoms with van der Waals surface area (Å²) in [7, 11) is 2.13. The van der Waals surface area contributed by atoms with E-state index < -0.39 is 0 Å². The number of nitrogens with zero attached hydrogens (tertiary/aromatic N) is 1. The number of halogens is 2. The predicted molar refractivity (Wildman–Crippen MR) is 80.9 cm³/mol. The van der Waals surface area contributed by atoms with Crippen LogP contribution in [0.15, 0.2) is 10.5 Å². The van der Waals surface area contributed by atoms with E-state index in [1.807, 2.05) is 0 Å². The highest BCUT2D eigenvalue weighted by Gasteiger charge is 2.20. The van der Waals surface area contributed by atoms with Crippen LogP contribution in [-0.4, -0.2) is 25.0 Å². The maximum atomic E-state index is 6.08. The molecule has 0 aliphatic heterocycles. The fraction of sp³-hybridized carbons (Fsp3) is 0.667. The number of hydrogen-bond acceptors (Lipinski definition) is 3. The first-order valence-electron chi connectivity index (χ1n) is 5.84. The highest BCUT2D eigenvalue weighted by atomic mass is 79.9. The molecule has 2 nitrogen and oxygen atoms in total. The average molecular weight is 340 g/mol. The Bertz CT molecular complexity index is 337. The van der Waals surface area contributed by atoms with Crippen molar-refractivity contribution in [3.63, 3.8) is 0 Å². The summed E-state index contributed by atoms with van der Waals surface area (Å²) in [5.74, 6) is 0.688. The Morgan fingerprint density at radius 1 is 1.59 bits per heavy atom. The zero-order valence-corrected chi connectivity index (χ0v) is 13.7. The number of hydrogen-bond donors (Lipinski definition) is 1. The van der Waals surface area contributed by atoms with Crippen LogP contribution < -0.4 is 5.73 Å². The lowest BCUT2D eigenvalue weighted by Crippen LogP contribution is -2.33. The fourth-order valence-corrected chi connectivity index (χ4v) is 3.70. The number of thiophene rings is 1. The van der Waals surface area contributed by atoms with Crippen molar-refractivity contribution in [2.75, 3.05) is 20.1 Å². The summed E-state index contributed by atoms with van der Waals surface area (Å²) in [6, 6.07) is 2.34. The second-order valence-electron chi connectivity index (χ2n) is 4.47. The highest BCUT2D eigenvalue weighted by Crippen LogP contribution is 2.36. The van der Waals surface area contributed by atoms with Gasteiger partial charge in [-0.25, -0.2) is 0 Å². The first-order chi connectivity index (χ1) is 7.99. The van der Waals surface area contributed by atoms with Crippen molar-refractivity contribution in [3.05, 3.63) is 19.8 Å². The molecule has 0 bridgehead atoms. The van der Waals surface area contributed by atoms with E-state index in [0.717, 1.165) is 15.4 Å². The smallest absolute Gasteiger partial charge is 0.107 e. The zero-order chi connectivity index (χ0) is 13.0. The molecule has 2 unspecified atom stereocenters. The third-order valence-electron chi connectivity index (χ3n) is 3.04. The summed E-state index contributed by atoms with van der Waals surface area (Å²) < 4.78 is 1.77. The van der Waals surface area contributed by atoms with E-state index in [2.05, 4.69) is 47.8 Å². The molecule has 1 heterocycles. The van der Waals surface area contributed by atoms with Crippen molar-refractivity contribution < 1.29 is 0 Å². The van der Waals surface area contributed by atoms with Crippen LogP contribution in [0, 0.1) is 5.92 Å². The van der Waals surface area contributed by atoms with Crippen molar-refractivity contribution in [2.24, 2.45) is 11.7 Å². The maximum absolute atomic E-state index is 6.08. The molecule has 98 valence electrons. The van der Waals surface area contributed by atoms with Crippen LogP contribution in [0.2, 0.25) is 4.34 Å². The lowest BCUT2D eigenvalue weighted by atomic mass is 10.1. The lowest BCUT2D eigenvalue weighted by Gasteiger charge is -2.28. The van der Waals surface area contributed by atoms with E-state index in [4.69, 9.17) is 17.3 Å². The van der Waals surface area contributed by atoms with Crippen LogP contribution in [0.3, 0.4) is 0 Å². The molecule has 0 saturated carbocycles. The Morgan fingerprint density at radius 3 is 2.65 bits per heavy atom. The Kier molecular flexibility index (Phi) is 6.45. The van der Waals surface area contributed by atoms with Gasteiger partial charge in [-0.2, -0.15) is 0 Å². The molecule has 0 radical (unpaired) electrons. The third kappa shape index (κ3) is 4.21. The highest BCUT2D eigenvalue weighted by molar-refractivity contribution is 9.10. The topological polar surface area (TPSA) is 29.3 Å². The molecule has 17 heavy (non-hydrogen) atoms. The second-order valence-corrected chi connectivity index (χ2v) is 7.02. The Balaban J connectivity index is 2.76. The summed E-state index contributed by atoms with van der Waals surface area (Å²) in [5.41, 5.74) is 5.89. The van der Waals surface area contributed by atoms with Gasteiger partial charge >= 0.3 is 0 Å². The minimum atomic E-state index is 0.262. The van der Waals surface area contributed by atoms with Crippen LogP contribution in [0.5, 0.6) is 0 Å². The molecule has 1 aromatic rings. The minimum absolute atomic E-state index is 0.262. The van der Waals surface area contributed by atoms with Gasteiger partial charge < -0.3 is 5.73 Å². The van der Waals surface area contributed by atoms with Crippen LogP contribution in [0.25, 0.3) is 0 Å². The SMILES string of the molecule is CCC(C)CN(C)C(CN)c1cc(Br)c(Cl)s1. The quantitative estimate of drug-likeness (QED) is 0.844. The first-order valence-corrected chi connectivity index (χ1v) is 7.83. The predicted octanol–water partition coefficient (Wildman–Crippen LogP) is 4.14. The molecule has 0 aliphatic carbocycles.